The van der Waals surface area contributed by atoms with Gasteiger partial charge in [-0.15, -0.1) is 0 Å². The summed E-state index contributed by atoms with van der Waals surface area (Å²) in [7, 11) is 0. The summed E-state index contributed by atoms with van der Waals surface area (Å²) in [5, 5.41) is 1.10. The summed E-state index contributed by atoms with van der Waals surface area (Å²) in [4.78, 5) is 10.9. The van der Waals surface area contributed by atoms with Gasteiger partial charge in [-0.3, -0.25) is 4.79 Å². The Kier molecular flexibility index (Phi) is 2.21. The summed E-state index contributed by atoms with van der Waals surface area (Å²) < 4.78 is 3.13. The molecule has 1 heterocycles. The fraction of sp³-hybridized carbons (Fsp3) is 0.200. The standard InChI is InChI=1S/C10H10N2OS/c1-7-12(6-10(11)13)8-4-2-3-5-9(8)14-7/h2-5H,6H2,1H3,(H-,11,13)/p+1. The summed E-state index contributed by atoms with van der Waals surface area (Å²) in [6, 6.07) is 8.01. The van der Waals surface area contributed by atoms with E-state index in [4.69, 9.17) is 5.73 Å². The lowest BCUT2D eigenvalue weighted by Crippen LogP contribution is -2.41. The molecule has 0 aliphatic carbocycles. The second-order valence-corrected chi connectivity index (χ2v) is 4.38. The molecular formula is C10H11N2OS+. The minimum absolute atomic E-state index is 0.260. The zero-order chi connectivity index (χ0) is 10.1. The summed E-state index contributed by atoms with van der Waals surface area (Å²) in [6.45, 7) is 2.25. The molecule has 0 fully saturated rings. The second kappa shape index (κ2) is 3.38. The van der Waals surface area contributed by atoms with Crippen LogP contribution in [0.3, 0.4) is 0 Å². The molecule has 14 heavy (non-hydrogen) atoms. The fourth-order valence-corrected chi connectivity index (χ4v) is 2.52. The van der Waals surface area contributed by atoms with Gasteiger partial charge in [0.1, 0.15) is 4.70 Å². The van der Waals surface area contributed by atoms with Gasteiger partial charge in [0.05, 0.1) is 0 Å². The number of nitrogens with two attached hydrogens (primary N) is 1. The fourth-order valence-electron chi connectivity index (χ4n) is 1.50. The highest BCUT2D eigenvalue weighted by atomic mass is 32.1. The molecule has 0 bridgehead atoms. The van der Waals surface area contributed by atoms with Crippen molar-refractivity contribution in [1.82, 2.24) is 0 Å². The molecule has 0 aliphatic rings. The zero-order valence-electron chi connectivity index (χ0n) is 7.86. The Hall–Kier alpha value is -1.42. The number of thiazole rings is 1. The summed E-state index contributed by atoms with van der Waals surface area (Å²) >= 11 is 1.68. The number of carbonyl (C=O) groups is 1. The van der Waals surface area contributed by atoms with Crippen LogP contribution in [0.5, 0.6) is 0 Å². The van der Waals surface area contributed by atoms with Crippen molar-refractivity contribution in [3.8, 4) is 0 Å². The van der Waals surface area contributed by atoms with Gasteiger partial charge in [-0.1, -0.05) is 23.5 Å². The van der Waals surface area contributed by atoms with Crippen LogP contribution in [0.4, 0.5) is 0 Å². The maximum atomic E-state index is 10.9. The van der Waals surface area contributed by atoms with E-state index in [-0.39, 0.29) is 12.5 Å². The molecule has 0 unspecified atom stereocenters. The summed E-state index contributed by atoms with van der Waals surface area (Å²) in [5.74, 6) is -0.304. The molecule has 1 aromatic carbocycles. The predicted octanol–water partition coefficient (Wildman–Crippen LogP) is 0.983. The van der Waals surface area contributed by atoms with Crippen LogP contribution < -0.4 is 10.3 Å². The number of aromatic nitrogens is 1. The van der Waals surface area contributed by atoms with E-state index in [2.05, 4.69) is 0 Å². The monoisotopic (exact) mass is 207 g/mol. The van der Waals surface area contributed by atoms with Gasteiger partial charge >= 0.3 is 0 Å². The van der Waals surface area contributed by atoms with Crippen LogP contribution in [0.25, 0.3) is 10.2 Å². The van der Waals surface area contributed by atoms with Gasteiger partial charge in [-0.25, -0.2) is 0 Å². The first-order chi connectivity index (χ1) is 6.68. The molecule has 0 radical (unpaired) electrons. The molecule has 0 aliphatic heterocycles. The van der Waals surface area contributed by atoms with Gasteiger partial charge in [-0.2, -0.15) is 4.57 Å². The van der Waals surface area contributed by atoms with E-state index in [0.29, 0.717) is 0 Å². The first-order valence-corrected chi connectivity index (χ1v) is 5.16. The third-order valence-electron chi connectivity index (χ3n) is 2.11. The van der Waals surface area contributed by atoms with Gasteiger partial charge in [0.2, 0.25) is 17.1 Å². The van der Waals surface area contributed by atoms with Crippen molar-refractivity contribution in [2.45, 2.75) is 13.5 Å². The minimum Gasteiger partial charge on any atom is -0.364 e. The lowest BCUT2D eigenvalue weighted by molar-refractivity contribution is -0.659. The van der Waals surface area contributed by atoms with Crippen LogP contribution >= 0.6 is 11.3 Å². The topological polar surface area (TPSA) is 47.0 Å². The van der Waals surface area contributed by atoms with Crippen LogP contribution in [0.1, 0.15) is 5.01 Å². The predicted molar refractivity (Wildman–Crippen MR) is 56.0 cm³/mol. The van der Waals surface area contributed by atoms with Crippen molar-refractivity contribution in [3.63, 3.8) is 0 Å². The number of carbonyl (C=O) groups excluding carboxylic acids is 1. The molecule has 2 aromatic rings. The largest absolute Gasteiger partial charge is 0.364 e. The van der Waals surface area contributed by atoms with Crippen molar-refractivity contribution in [3.05, 3.63) is 29.3 Å². The van der Waals surface area contributed by atoms with Crippen molar-refractivity contribution in [2.75, 3.05) is 0 Å². The molecule has 72 valence electrons. The van der Waals surface area contributed by atoms with E-state index in [1.807, 2.05) is 35.8 Å². The molecule has 0 saturated carbocycles. The Morgan fingerprint density at radius 1 is 1.50 bits per heavy atom. The molecule has 2 rings (SSSR count). The number of benzene rings is 1. The maximum absolute atomic E-state index is 10.9. The van der Waals surface area contributed by atoms with E-state index < -0.39 is 0 Å². The average Bonchev–Trinajstić information content (AvgIpc) is 2.43. The number of nitrogens with zero attached hydrogens (tertiary/aromatic N) is 1. The highest BCUT2D eigenvalue weighted by Gasteiger charge is 2.17. The first-order valence-electron chi connectivity index (χ1n) is 4.35. The molecule has 0 spiro atoms. The normalized spacial score (nSPS) is 10.6. The van der Waals surface area contributed by atoms with E-state index in [0.717, 1.165) is 10.5 Å². The van der Waals surface area contributed by atoms with Gasteiger partial charge in [0.25, 0.3) is 5.91 Å². The van der Waals surface area contributed by atoms with Crippen molar-refractivity contribution in [1.29, 1.82) is 0 Å². The molecule has 3 nitrogen and oxygen atoms in total. The van der Waals surface area contributed by atoms with E-state index in [1.54, 1.807) is 11.3 Å². The molecular weight excluding hydrogens is 196 g/mol. The molecule has 1 aromatic heterocycles. The molecule has 0 saturated heterocycles. The number of hydrogen-bond acceptors (Lipinski definition) is 2. The van der Waals surface area contributed by atoms with Crippen molar-refractivity contribution >= 4 is 27.5 Å². The number of rotatable bonds is 2. The summed E-state index contributed by atoms with van der Waals surface area (Å²) in [5.41, 5.74) is 6.27. The Morgan fingerprint density at radius 3 is 2.93 bits per heavy atom. The molecule has 1 amide bonds. The first kappa shape index (κ1) is 9.15. The maximum Gasteiger partial charge on any atom is 0.283 e. The Labute approximate surface area is 85.8 Å². The number of primary amides is 1. The third kappa shape index (κ3) is 1.48. The lowest BCUT2D eigenvalue weighted by atomic mass is 10.3. The van der Waals surface area contributed by atoms with Crippen LogP contribution in [0, 0.1) is 6.92 Å². The number of amides is 1. The number of para-hydroxylation sites is 1. The molecule has 2 N–H and O–H groups in total. The highest BCUT2D eigenvalue weighted by Crippen LogP contribution is 2.18. The van der Waals surface area contributed by atoms with E-state index in [9.17, 15) is 4.79 Å². The smallest absolute Gasteiger partial charge is 0.283 e. The Bertz CT molecular complexity index is 490. The van der Waals surface area contributed by atoms with Gasteiger partial charge in [-0.05, 0) is 6.07 Å². The Balaban J connectivity index is 2.62. The number of hydrogen-bond donors (Lipinski definition) is 1. The van der Waals surface area contributed by atoms with E-state index in [1.165, 1.54) is 4.70 Å². The third-order valence-corrected chi connectivity index (χ3v) is 3.19. The quantitative estimate of drug-likeness (QED) is 0.733. The van der Waals surface area contributed by atoms with Gasteiger partial charge in [0, 0.05) is 13.0 Å². The zero-order valence-corrected chi connectivity index (χ0v) is 8.67. The average molecular weight is 207 g/mol. The molecule has 4 heteroatoms. The minimum atomic E-state index is -0.304. The number of fused-ring (bicyclic) bond motifs is 1. The second-order valence-electron chi connectivity index (χ2n) is 3.14. The number of aryl methyl sites for hydroxylation is 1. The molecule has 0 atom stereocenters. The van der Waals surface area contributed by atoms with Gasteiger partial charge < -0.3 is 5.73 Å². The van der Waals surface area contributed by atoms with Gasteiger partial charge in [0.15, 0.2) is 0 Å². The van der Waals surface area contributed by atoms with E-state index >= 15 is 0 Å². The van der Waals surface area contributed by atoms with Crippen LogP contribution in [0.2, 0.25) is 0 Å². The SMILES string of the molecule is Cc1sc2ccccc2[n+]1CC(N)=O. The van der Waals surface area contributed by atoms with Crippen molar-refractivity contribution in [2.24, 2.45) is 5.73 Å². The van der Waals surface area contributed by atoms with Crippen molar-refractivity contribution < 1.29 is 9.36 Å². The van der Waals surface area contributed by atoms with Crippen LogP contribution in [-0.2, 0) is 11.3 Å². The van der Waals surface area contributed by atoms with Crippen LogP contribution in [0.15, 0.2) is 24.3 Å². The highest BCUT2D eigenvalue weighted by molar-refractivity contribution is 7.18. The Morgan fingerprint density at radius 2 is 2.21 bits per heavy atom. The van der Waals surface area contributed by atoms with Crippen LogP contribution in [-0.4, -0.2) is 5.91 Å². The summed E-state index contributed by atoms with van der Waals surface area (Å²) in [6.07, 6.45) is 0. The lowest BCUT2D eigenvalue weighted by Gasteiger charge is -1.91.